The van der Waals surface area contributed by atoms with E-state index in [0.717, 1.165) is 23.7 Å². The number of benzene rings is 1. The quantitative estimate of drug-likeness (QED) is 0.455. The van der Waals surface area contributed by atoms with Gasteiger partial charge in [-0.05, 0) is 86.0 Å². The molecule has 0 aliphatic heterocycles. The maximum atomic E-state index is 12.4. The second-order valence-electron chi connectivity index (χ2n) is 9.59. The second-order valence-corrected chi connectivity index (χ2v) is 11.1. The van der Waals surface area contributed by atoms with Gasteiger partial charge in [-0.1, -0.05) is 0 Å². The van der Waals surface area contributed by atoms with E-state index >= 15 is 0 Å². The molecule has 4 fully saturated rings. The topological polar surface area (TPSA) is 128 Å². The third-order valence-electron chi connectivity index (χ3n) is 7.39. The van der Waals surface area contributed by atoms with Crippen LogP contribution in [0, 0.1) is 29.6 Å². The van der Waals surface area contributed by atoms with Gasteiger partial charge in [-0.25, -0.2) is 13.6 Å². The minimum absolute atomic E-state index is 0.0391. The Balaban J connectivity index is 1.07. The van der Waals surface area contributed by atoms with E-state index in [9.17, 15) is 18.0 Å². The molecule has 4 aliphatic carbocycles. The van der Waals surface area contributed by atoms with Gasteiger partial charge in [0, 0.05) is 25.1 Å². The lowest BCUT2D eigenvalue weighted by atomic mass is 9.51. The highest BCUT2D eigenvalue weighted by molar-refractivity contribution is 7.89. The number of amides is 2. The fourth-order valence-electron chi connectivity index (χ4n) is 6.16. The monoisotopic (exact) mass is 463 g/mol. The molecule has 1 aromatic rings. The molecule has 0 heterocycles. The van der Waals surface area contributed by atoms with Crippen LogP contribution in [0.2, 0.25) is 0 Å². The Hall–Kier alpha value is -1.97. The molecule has 0 atom stereocenters. The Kier molecular flexibility index (Phi) is 7.17. The van der Waals surface area contributed by atoms with Gasteiger partial charge in [-0.15, -0.1) is 0 Å². The summed E-state index contributed by atoms with van der Waals surface area (Å²) >= 11 is 0. The zero-order valence-corrected chi connectivity index (χ0v) is 19.1. The van der Waals surface area contributed by atoms with E-state index < -0.39 is 10.0 Å². The number of hydrogen-bond acceptors (Lipinski definition) is 5. The molecule has 0 unspecified atom stereocenters. The van der Waals surface area contributed by atoms with E-state index in [-0.39, 0.29) is 16.7 Å². The lowest BCUT2D eigenvalue weighted by molar-refractivity contribution is -0.126. The summed E-state index contributed by atoms with van der Waals surface area (Å²) in [6.45, 7) is 1.51. The molecule has 0 radical (unpaired) electrons. The van der Waals surface area contributed by atoms with E-state index in [0.29, 0.717) is 44.2 Å². The van der Waals surface area contributed by atoms with Crippen LogP contribution in [-0.2, 0) is 19.6 Å². The summed E-state index contributed by atoms with van der Waals surface area (Å²) in [4.78, 5) is 24.4. The van der Waals surface area contributed by atoms with Crippen LogP contribution in [0.3, 0.4) is 0 Å². The molecule has 4 N–H and O–H groups in total. The number of nitrogens with two attached hydrogens (primary N) is 1. The number of carbonyl (C=O) groups excluding carboxylic acids is 2. The summed E-state index contributed by atoms with van der Waals surface area (Å²) in [5.74, 6) is 3.73. The predicted octanol–water partition coefficient (Wildman–Crippen LogP) is 1.66. The maximum Gasteiger partial charge on any atom is 0.251 e. The first-order valence-corrected chi connectivity index (χ1v) is 13.1. The van der Waals surface area contributed by atoms with Crippen molar-refractivity contribution >= 4 is 21.8 Å². The lowest BCUT2D eigenvalue weighted by Gasteiger charge is -2.54. The van der Waals surface area contributed by atoms with Crippen molar-refractivity contribution in [2.45, 2.75) is 43.4 Å². The maximum absolute atomic E-state index is 12.4. The van der Waals surface area contributed by atoms with Gasteiger partial charge < -0.3 is 15.4 Å². The minimum atomic E-state index is -3.78. The largest absolute Gasteiger partial charge is 0.378 e. The SMILES string of the molecule is NS(=O)(=O)c1ccc(C(=O)NCCOCCNC(=O)CC2C3CC4CC(C3)CC2C4)cc1. The zero-order chi connectivity index (χ0) is 22.7. The summed E-state index contributed by atoms with van der Waals surface area (Å²) in [7, 11) is -3.78. The molecular formula is C23H33N3O5S. The van der Waals surface area contributed by atoms with Crippen LogP contribution in [0.15, 0.2) is 29.2 Å². The Morgan fingerprint density at radius 1 is 0.906 bits per heavy atom. The van der Waals surface area contributed by atoms with E-state index in [1.54, 1.807) is 0 Å². The molecule has 0 spiro atoms. The van der Waals surface area contributed by atoms with Crippen LogP contribution >= 0.6 is 0 Å². The molecule has 5 rings (SSSR count). The summed E-state index contributed by atoms with van der Waals surface area (Å²) in [6.07, 6.45) is 7.39. The first-order valence-electron chi connectivity index (χ1n) is 11.5. The van der Waals surface area contributed by atoms with Crippen molar-refractivity contribution in [3.63, 3.8) is 0 Å². The number of primary sulfonamides is 1. The average Bonchev–Trinajstić information content (AvgIpc) is 2.74. The molecule has 2 amide bonds. The van der Waals surface area contributed by atoms with Crippen molar-refractivity contribution in [1.29, 1.82) is 0 Å². The van der Waals surface area contributed by atoms with Crippen LogP contribution in [0.4, 0.5) is 0 Å². The number of hydrogen-bond donors (Lipinski definition) is 3. The van der Waals surface area contributed by atoms with E-state index in [4.69, 9.17) is 9.88 Å². The number of carbonyl (C=O) groups is 2. The van der Waals surface area contributed by atoms with Gasteiger partial charge in [0.05, 0.1) is 18.1 Å². The highest BCUT2D eigenvalue weighted by Gasteiger charge is 2.48. The third kappa shape index (κ3) is 5.68. The standard InChI is InChI=1S/C23H33N3O5S/c24-32(29,30)20-3-1-17(2-4-20)23(28)26-6-8-31-7-5-25-22(27)14-21-18-10-15-9-16(12-18)13-19(21)11-15/h1-4,15-16,18-19,21H,5-14H2,(H,25,27)(H,26,28)(H2,24,29,30). The van der Waals surface area contributed by atoms with Gasteiger partial charge in [-0.3, -0.25) is 9.59 Å². The molecule has 1 aromatic carbocycles. The van der Waals surface area contributed by atoms with Crippen molar-refractivity contribution in [3.8, 4) is 0 Å². The number of rotatable bonds is 10. The van der Waals surface area contributed by atoms with Crippen LogP contribution in [-0.4, -0.2) is 46.5 Å². The first kappa shape index (κ1) is 23.2. The minimum Gasteiger partial charge on any atom is -0.378 e. The molecule has 8 nitrogen and oxygen atoms in total. The van der Waals surface area contributed by atoms with Crippen molar-refractivity contribution in [2.75, 3.05) is 26.3 Å². The van der Waals surface area contributed by atoms with Crippen LogP contribution in [0.1, 0.15) is 48.9 Å². The Morgan fingerprint density at radius 2 is 1.47 bits per heavy atom. The Morgan fingerprint density at radius 3 is 2.03 bits per heavy atom. The predicted molar refractivity (Wildman–Crippen MR) is 119 cm³/mol. The molecule has 0 aromatic heterocycles. The second kappa shape index (κ2) is 9.89. The van der Waals surface area contributed by atoms with Crippen molar-refractivity contribution in [3.05, 3.63) is 29.8 Å². The zero-order valence-electron chi connectivity index (χ0n) is 18.3. The van der Waals surface area contributed by atoms with Gasteiger partial charge in [0.15, 0.2) is 0 Å². The molecular weight excluding hydrogens is 430 g/mol. The van der Waals surface area contributed by atoms with Gasteiger partial charge in [0.25, 0.3) is 5.91 Å². The highest BCUT2D eigenvalue weighted by atomic mass is 32.2. The van der Waals surface area contributed by atoms with Gasteiger partial charge in [-0.2, -0.15) is 0 Å². The third-order valence-corrected chi connectivity index (χ3v) is 8.32. The molecule has 9 heteroatoms. The normalized spacial score (nSPS) is 28.5. The number of ether oxygens (including phenoxy) is 1. The molecule has 4 aliphatic rings. The molecule has 4 bridgehead atoms. The van der Waals surface area contributed by atoms with Crippen LogP contribution in [0.5, 0.6) is 0 Å². The van der Waals surface area contributed by atoms with Crippen LogP contribution < -0.4 is 15.8 Å². The molecule has 0 saturated heterocycles. The van der Waals surface area contributed by atoms with Crippen LogP contribution in [0.25, 0.3) is 0 Å². The highest BCUT2D eigenvalue weighted by Crippen LogP contribution is 2.57. The summed E-state index contributed by atoms with van der Waals surface area (Å²) in [5.41, 5.74) is 0.342. The summed E-state index contributed by atoms with van der Waals surface area (Å²) in [6, 6.07) is 5.42. The molecule has 32 heavy (non-hydrogen) atoms. The number of nitrogens with one attached hydrogen (secondary N) is 2. The van der Waals surface area contributed by atoms with E-state index in [2.05, 4.69) is 10.6 Å². The lowest BCUT2D eigenvalue weighted by Crippen LogP contribution is -2.46. The van der Waals surface area contributed by atoms with Gasteiger partial charge in [0.1, 0.15) is 0 Å². The summed E-state index contributed by atoms with van der Waals surface area (Å²) in [5, 5.41) is 10.7. The van der Waals surface area contributed by atoms with Gasteiger partial charge in [0.2, 0.25) is 15.9 Å². The fourth-order valence-corrected chi connectivity index (χ4v) is 6.67. The van der Waals surface area contributed by atoms with Gasteiger partial charge >= 0.3 is 0 Å². The smallest absolute Gasteiger partial charge is 0.251 e. The molecule has 4 saturated carbocycles. The molecule has 176 valence electrons. The van der Waals surface area contributed by atoms with Crippen molar-refractivity contribution < 1.29 is 22.7 Å². The fraction of sp³-hybridized carbons (Fsp3) is 0.652. The summed E-state index contributed by atoms with van der Waals surface area (Å²) < 4.78 is 28.0. The first-order chi connectivity index (χ1) is 15.3. The van der Waals surface area contributed by atoms with Crippen molar-refractivity contribution in [2.24, 2.45) is 34.7 Å². The van der Waals surface area contributed by atoms with E-state index in [1.165, 1.54) is 56.4 Å². The van der Waals surface area contributed by atoms with Crippen molar-refractivity contribution in [1.82, 2.24) is 10.6 Å². The van der Waals surface area contributed by atoms with E-state index in [1.807, 2.05) is 0 Å². The average molecular weight is 464 g/mol. The Labute approximate surface area is 189 Å². The number of sulfonamides is 1. The Bertz CT molecular complexity index is 903.